The fourth-order valence-electron chi connectivity index (χ4n) is 2.62. The third kappa shape index (κ3) is 4.22. The molecule has 1 aromatic carbocycles. The molecular weight excluding hydrogens is 272 g/mol. The Labute approximate surface area is 128 Å². The van der Waals surface area contributed by atoms with Gasteiger partial charge in [-0.3, -0.25) is 4.79 Å². The fourth-order valence-corrected chi connectivity index (χ4v) is 2.62. The molecule has 0 radical (unpaired) electrons. The number of rotatable bonds is 4. The van der Waals surface area contributed by atoms with Gasteiger partial charge in [-0.25, -0.2) is 0 Å². The number of nitrogens with zero attached hydrogens (tertiary/aromatic N) is 1. The Morgan fingerprint density at radius 1 is 1.35 bits per heavy atom. The Morgan fingerprint density at radius 3 is 2.70 bits per heavy atom. The molecule has 0 spiro atoms. The molecule has 1 aromatic rings. The van der Waals surface area contributed by atoms with Crippen LogP contribution in [-0.4, -0.2) is 29.9 Å². The third-order valence-electron chi connectivity index (χ3n) is 3.92. The normalized spacial score (nSPS) is 18.2. The molecule has 112 valence electrons. The van der Waals surface area contributed by atoms with E-state index in [1.54, 1.807) is 0 Å². The zero-order chi connectivity index (χ0) is 13.7. The molecule has 2 rings (SSSR count). The standard InChI is InChI=1S/C16H24N2O.ClH/c1-3-18(12-14-9-5-4-8-13(14)2)16(19)15-10-6-7-11-17-15;/h4-5,8-9,15,17H,3,6-7,10-12H2,1-2H3;1H/t15-;/m1./s1. The predicted octanol–water partition coefficient (Wildman–Crippen LogP) is 2.91. The summed E-state index contributed by atoms with van der Waals surface area (Å²) in [5.41, 5.74) is 2.50. The summed E-state index contributed by atoms with van der Waals surface area (Å²) in [4.78, 5) is 14.5. The van der Waals surface area contributed by atoms with Gasteiger partial charge in [0.2, 0.25) is 5.91 Å². The molecule has 1 heterocycles. The lowest BCUT2D eigenvalue weighted by molar-refractivity contribution is -0.134. The van der Waals surface area contributed by atoms with Crippen molar-refractivity contribution in [1.29, 1.82) is 0 Å². The lowest BCUT2D eigenvalue weighted by Crippen LogP contribution is -2.48. The summed E-state index contributed by atoms with van der Waals surface area (Å²) in [5.74, 6) is 0.255. The van der Waals surface area contributed by atoms with Crippen LogP contribution in [0.1, 0.15) is 37.3 Å². The second-order valence-electron chi connectivity index (χ2n) is 5.28. The highest BCUT2D eigenvalue weighted by molar-refractivity contribution is 5.85. The first kappa shape index (κ1) is 17.0. The Morgan fingerprint density at radius 2 is 2.10 bits per heavy atom. The molecule has 0 aromatic heterocycles. The lowest BCUT2D eigenvalue weighted by Gasteiger charge is -2.29. The Kier molecular flexibility index (Phi) is 7.03. The minimum Gasteiger partial charge on any atom is -0.337 e. The number of hydrogen-bond donors (Lipinski definition) is 1. The van der Waals surface area contributed by atoms with Crippen molar-refractivity contribution in [3.63, 3.8) is 0 Å². The van der Waals surface area contributed by atoms with Crippen LogP contribution in [0.5, 0.6) is 0 Å². The van der Waals surface area contributed by atoms with Crippen molar-refractivity contribution in [2.24, 2.45) is 0 Å². The minimum atomic E-state index is 0. The van der Waals surface area contributed by atoms with Gasteiger partial charge in [0, 0.05) is 13.1 Å². The summed E-state index contributed by atoms with van der Waals surface area (Å²) in [6.07, 6.45) is 3.32. The smallest absolute Gasteiger partial charge is 0.239 e. The molecule has 1 amide bonds. The van der Waals surface area contributed by atoms with Gasteiger partial charge in [0.05, 0.1) is 6.04 Å². The van der Waals surface area contributed by atoms with Gasteiger partial charge in [-0.1, -0.05) is 30.7 Å². The van der Waals surface area contributed by atoms with E-state index in [9.17, 15) is 4.79 Å². The number of aryl methyl sites for hydroxylation is 1. The van der Waals surface area contributed by atoms with E-state index in [2.05, 4.69) is 31.3 Å². The maximum Gasteiger partial charge on any atom is 0.239 e. The number of benzene rings is 1. The second kappa shape index (κ2) is 8.28. The molecule has 1 fully saturated rings. The van der Waals surface area contributed by atoms with Crippen LogP contribution in [0.2, 0.25) is 0 Å². The summed E-state index contributed by atoms with van der Waals surface area (Å²) in [5, 5.41) is 3.34. The van der Waals surface area contributed by atoms with Crippen molar-refractivity contribution >= 4 is 18.3 Å². The second-order valence-corrected chi connectivity index (χ2v) is 5.28. The first-order chi connectivity index (χ1) is 9.22. The number of hydrogen-bond acceptors (Lipinski definition) is 2. The Bertz CT molecular complexity index is 430. The maximum atomic E-state index is 12.5. The SMILES string of the molecule is CCN(Cc1ccccc1C)C(=O)[C@H]1CCCCN1.Cl. The van der Waals surface area contributed by atoms with Crippen LogP contribution in [0, 0.1) is 6.92 Å². The average molecular weight is 297 g/mol. The van der Waals surface area contributed by atoms with Crippen LogP contribution < -0.4 is 5.32 Å². The van der Waals surface area contributed by atoms with Crippen molar-refractivity contribution in [3.8, 4) is 0 Å². The van der Waals surface area contributed by atoms with Gasteiger partial charge in [0.1, 0.15) is 0 Å². The highest BCUT2D eigenvalue weighted by atomic mass is 35.5. The zero-order valence-electron chi connectivity index (χ0n) is 12.4. The Balaban J connectivity index is 0.00000200. The quantitative estimate of drug-likeness (QED) is 0.926. The first-order valence-corrected chi connectivity index (χ1v) is 7.29. The average Bonchev–Trinajstić information content (AvgIpc) is 2.47. The number of piperidine rings is 1. The number of carbonyl (C=O) groups is 1. The Hall–Kier alpha value is -1.06. The molecular formula is C16H25ClN2O. The van der Waals surface area contributed by atoms with E-state index in [-0.39, 0.29) is 24.4 Å². The van der Waals surface area contributed by atoms with E-state index >= 15 is 0 Å². The number of likely N-dealkylation sites (N-methyl/N-ethyl adjacent to an activating group) is 1. The van der Waals surface area contributed by atoms with Gasteiger partial charge in [0.25, 0.3) is 0 Å². The summed E-state index contributed by atoms with van der Waals surface area (Å²) < 4.78 is 0. The predicted molar refractivity (Wildman–Crippen MR) is 85.2 cm³/mol. The fraction of sp³-hybridized carbons (Fsp3) is 0.562. The van der Waals surface area contributed by atoms with Gasteiger partial charge in [-0.15, -0.1) is 12.4 Å². The van der Waals surface area contributed by atoms with E-state index in [1.807, 2.05) is 17.0 Å². The van der Waals surface area contributed by atoms with Crippen LogP contribution in [-0.2, 0) is 11.3 Å². The van der Waals surface area contributed by atoms with Crippen molar-refractivity contribution in [3.05, 3.63) is 35.4 Å². The molecule has 20 heavy (non-hydrogen) atoms. The molecule has 0 bridgehead atoms. The highest BCUT2D eigenvalue weighted by Gasteiger charge is 2.24. The molecule has 1 atom stereocenters. The summed E-state index contributed by atoms with van der Waals surface area (Å²) in [7, 11) is 0. The zero-order valence-corrected chi connectivity index (χ0v) is 13.2. The summed E-state index contributed by atoms with van der Waals surface area (Å²) in [6.45, 7) is 6.62. The molecule has 1 saturated heterocycles. The van der Waals surface area contributed by atoms with E-state index in [0.29, 0.717) is 0 Å². The highest BCUT2D eigenvalue weighted by Crippen LogP contribution is 2.14. The van der Waals surface area contributed by atoms with Gasteiger partial charge in [0.15, 0.2) is 0 Å². The largest absolute Gasteiger partial charge is 0.337 e. The van der Waals surface area contributed by atoms with Crippen molar-refractivity contribution in [2.75, 3.05) is 13.1 Å². The molecule has 3 nitrogen and oxygen atoms in total. The lowest BCUT2D eigenvalue weighted by atomic mass is 10.0. The monoisotopic (exact) mass is 296 g/mol. The molecule has 4 heteroatoms. The van der Waals surface area contributed by atoms with E-state index in [4.69, 9.17) is 0 Å². The van der Waals surface area contributed by atoms with Crippen LogP contribution >= 0.6 is 12.4 Å². The minimum absolute atomic E-state index is 0. The summed E-state index contributed by atoms with van der Waals surface area (Å²) in [6, 6.07) is 8.32. The van der Waals surface area contributed by atoms with E-state index in [1.165, 1.54) is 17.5 Å². The maximum absolute atomic E-state index is 12.5. The van der Waals surface area contributed by atoms with Crippen LogP contribution in [0.15, 0.2) is 24.3 Å². The first-order valence-electron chi connectivity index (χ1n) is 7.29. The van der Waals surface area contributed by atoms with Gasteiger partial charge in [-0.2, -0.15) is 0 Å². The number of amides is 1. The van der Waals surface area contributed by atoms with Gasteiger partial charge < -0.3 is 10.2 Å². The summed E-state index contributed by atoms with van der Waals surface area (Å²) >= 11 is 0. The van der Waals surface area contributed by atoms with Crippen molar-refractivity contribution < 1.29 is 4.79 Å². The molecule has 0 unspecified atom stereocenters. The number of carbonyl (C=O) groups excluding carboxylic acids is 1. The van der Waals surface area contributed by atoms with Crippen LogP contribution in [0.25, 0.3) is 0 Å². The molecule has 1 aliphatic heterocycles. The van der Waals surface area contributed by atoms with Crippen LogP contribution in [0.4, 0.5) is 0 Å². The number of halogens is 1. The topological polar surface area (TPSA) is 32.3 Å². The molecule has 0 aliphatic carbocycles. The van der Waals surface area contributed by atoms with Crippen LogP contribution in [0.3, 0.4) is 0 Å². The van der Waals surface area contributed by atoms with E-state index in [0.717, 1.165) is 32.5 Å². The van der Waals surface area contributed by atoms with E-state index < -0.39 is 0 Å². The number of nitrogens with one attached hydrogen (secondary N) is 1. The molecule has 1 N–H and O–H groups in total. The molecule has 0 saturated carbocycles. The molecule has 1 aliphatic rings. The van der Waals surface area contributed by atoms with Crippen molar-refractivity contribution in [1.82, 2.24) is 10.2 Å². The van der Waals surface area contributed by atoms with Gasteiger partial charge >= 0.3 is 0 Å². The van der Waals surface area contributed by atoms with Gasteiger partial charge in [-0.05, 0) is 44.4 Å². The third-order valence-corrected chi connectivity index (χ3v) is 3.92. The van der Waals surface area contributed by atoms with Crippen molar-refractivity contribution in [2.45, 2.75) is 45.7 Å².